The van der Waals surface area contributed by atoms with Crippen LogP contribution >= 0.6 is 11.3 Å². The monoisotopic (exact) mass is 309 g/mol. The van der Waals surface area contributed by atoms with Crippen LogP contribution in [-0.4, -0.2) is 34.8 Å². The lowest BCUT2D eigenvalue weighted by Crippen LogP contribution is -2.40. The summed E-state index contributed by atoms with van der Waals surface area (Å²) < 4.78 is 0. The molecule has 2 rings (SSSR count). The fourth-order valence-electron chi connectivity index (χ4n) is 2.05. The van der Waals surface area contributed by atoms with Gasteiger partial charge in [0.15, 0.2) is 5.13 Å². The van der Waals surface area contributed by atoms with E-state index in [0.717, 1.165) is 12.8 Å². The van der Waals surface area contributed by atoms with E-state index in [0.29, 0.717) is 24.0 Å². The maximum Gasteiger partial charge on any atom is 0.245 e. The number of hydrogen-bond acceptors (Lipinski definition) is 4. The Hall–Kier alpha value is -1.43. The van der Waals surface area contributed by atoms with E-state index in [2.05, 4.69) is 10.3 Å². The molecule has 5 nitrogen and oxygen atoms in total. The lowest BCUT2D eigenvalue weighted by Gasteiger charge is -2.26. The third-order valence-corrected chi connectivity index (χ3v) is 3.91. The average molecular weight is 309 g/mol. The van der Waals surface area contributed by atoms with E-state index in [1.165, 1.54) is 11.3 Å². The zero-order valence-corrected chi connectivity index (χ0v) is 13.7. The molecule has 1 aromatic rings. The second kappa shape index (κ2) is 6.56. The zero-order chi connectivity index (χ0) is 15.5. The van der Waals surface area contributed by atoms with Gasteiger partial charge in [-0.15, -0.1) is 11.3 Å². The van der Waals surface area contributed by atoms with Gasteiger partial charge in [0.25, 0.3) is 0 Å². The summed E-state index contributed by atoms with van der Waals surface area (Å²) in [6.07, 6.45) is 4.43. The quantitative estimate of drug-likeness (QED) is 0.879. The highest BCUT2D eigenvalue weighted by molar-refractivity contribution is 7.13. The highest BCUT2D eigenvalue weighted by atomic mass is 32.1. The summed E-state index contributed by atoms with van der Waals surface area (Å²) in [7, 11) is 0. The smallest absolute Gasteiger partial charge is 0.245 e. The molecule has 0 bridgehead atoms. The number of aromatic nitrogens is 1. The molecule has 1 aliphatic rings. The van der Waals surface area contributed by atoms with Crippen LogP contribution in [0.5, 0.6) is 0 Å². The first-order chi connectivity index (χ1) is 9.83. The Morgan fingerprint density at radius 3 is 2.67 bits per heavy atom. The lowest BCUT2D eigenvalue weighted by molar-refractivity contribution is -0.136. The molecule has 0 aliphatic heterocycles. The first-order valence-electron chi connectivity index (χ1n) is 7.30. The molecule has 0 unspecified atom stereocenters. The maximum atomic E-state index is 12.4. The summed E-state index contributed by atoms with van der Waals surface area (Å²) in [5.41, 5.74) is -0.0648. The minimum atomic E-state index is -0.173. The summed E-state index contributed by atoms with van der Waals surface area (Å²) in [5.74, 6) is 0.457. The Labute approximate surface area is 129 Å². The fraction of sp³-hybridized carbons (Fsp3) is 0.667. The van der Waals surface area contributed by atoms with Crippen LogP contribution in [0.4, 0.5) is 5.13 Å². The van der Waals surface area contributed by atoms with Gasteiger partial charge < -0.3 is 10.2 Å². The molecule has 0 spiro atoms. The van der Waals surface area contributed by atoms with Crippen molar-refractivity contribution in [2.75, 3.05) is 18.4 Å². The minimum absolute atomic E-state index is 0.0590. The third-order valence-electron chi connectivity index (χ3n) is 3.22. The number of carbonyl (C=O) groups excluding carboxylic acids is 2. The molecule has 1 saturated carbocycles. The van der Waals surface area contributed by atoms with E-state index in [4.69, 9.17) is 0 Å². The second-order valence-electron chi connectivity index (χ2n) is 6.84. The standard InChI is InChI=1S/C15H23N3O2S/c1-15(2,3)8-13(20)18(9-11-4-5-11)10-12(19)17-14-16-6-7-21-14/h6-7,11H,4-5,8-10H2,1-3H3,(H,16,17,19). The first kappa shape index (κ1) is 15.9. The average Bonchev–Trinajstić information content (AvgIpc) is 3.02. The van der Waals surface area contributed by atoms with E-state index >= 15 is 0 Å². The molecular formula is C15H23N3O2S. The highest BCUT2D eigenvalue weighted by Crippen LogP contribution is 2.30. The largest absolute Gasteiger partial charge is 0.333 e. The lowest BCUT2D eigenvalue weighted by atomic mass is 9.91. The van der Waals surface area contributed by atoms with Crippen molar-refractivity contribution in [2.45, 2.75) is 40.0 Å². The van der Waals surface area contributed by atoms with Crippen molar-refractivity contribution in [2.24, 2.45) is 11.3 Å². The van der Waals surface area contributed by atoms with Crippen molar-refractivity contribution in [3.8, 4) is 0 Å². The van der Waals surface area contributed by atoms with E-state index in [1.807, 2.05) is 26.2 Å². The highest BCUT2D eigenvalue weighted by Gasteiger charge is 2.29. The molecule has 1 fully saturated rings. The molecule has 2 amide bonds. The van der Waals surface area contributed by atoms with Crippen molar-refractivity contribution >= 4 is 28.3 Å². The summed E-state index contributed by atoms with van der Waals surface area (Å²) in [6, 6.07) is 0. The molecule has 0 aromatic carbocycles. The molecule has 0 radical (unpaired) electrons. The van der Waals surface area contributed by atoms with E-state index in [-0.39, 0.29) is 23.8 Å². The molecule has 1 heterocycles. The predicted octanol–water partition coefficient (Wildman–Crippen LogP) is 2.76. The van der Waals surface area contributed by atoms with Crippen LogP contribution in [0.15, 0.2) is 11.6 Å². The van der Waals surface area contributed by atoms with Gasteiger partial charge in [0.05, 0.1) is 6.54 Å². The molecule has 1 N–H and O–H groups in total. The molecule has 21 heavy (non-hydrogen) atoms. The Morgan fingerprint density at radius 2 is 2.14 bits per heavy atom. The van der Waals surface area contributed by atoms with E-state index in [1.54, 1.807) is 11.1 Å². The number of nitrogens with zero attached hydrogens (tertiary/aromatic N) is 2. The van der Waals surface area contributed by atoms with Crippen LogP contribution < -0.4 is 5.32 Å². The summed E-state index contributed by atoms with van der Waals surface area (Å²) in [5, 5.41) is 5.12. The SMILES string of the molecule is CC(C)(C)CC(=O)N(CC(=O)Nc1nccs1)CC1CC1. The van der Waals surface area contributed by atoms with Crippen LogP contribution in [0, 0.1) is 11.3 Å². The van der Waals surface area contributed by atoms with Crippen LogP contribution in [-0.2, 0) is 9.59 Å². The van der Waals surface area contributed by atoms with Crippen molar-refractivity contribution < 1.29 is 9.59 Å². The Kier molecular flexibility index (Phi) is 4.98. The number of amides is 2. The van der Waals surface area contributed by atoms with Gasteiger partial charge in [-0.1, -0.05) is 20.8 Å². The number of carbonyl (C=O) groups is 2. The fourth-order valence-corrected chi connectivity index (χ4v) is 2.59. The maximum absolute atomic E-state index is 12.4. The summed E-state index contributed by atoms with van der Waals surface area (Å²) in [4.78, 5) is 30.2. The number of rotatable bonds is 6. The van der Waals surface area contributed by atoms with Gasteiger partial charge in [-0.25, -0.2) is 4.98 Å². The molecule has 1 aliphatic carbocycles. The Balaban J connectivity index is 1.91. The zero-order valence-electron chi connectivity index (χ0n) is 12.9. The van der Waals surface area contributed by atoms with Crippen LogP contribution in [0.2, 0.25) is 0 Å². The van der Waals surface area contributed by atoms with Crippen LogP contribution in [0.3, 0.4) is 0 Å². The van der Waals surface area contributed by atoms with Crippen LogP contribution in [0.1, 0.15) is 40.0 Å². The van der Waals surface area contributed by atoms with Gasteiger partial charge in [0.2, 0.25) is 11.8 Å². The van der Waals surface area contributed by atoms with Crippen molar-refractivity contribution in [3.05, 3.63) is 11.6 Å². The first-order valence-corrected chi connectivity index (χ1v) is 8.18. The topological polar surface area (TPSA) is 62.3 Å². The summed E-state index contributed by atoms with van der Waals surface area (Å²) >= 11 is 1.38. The van der Waals surface area contributed by atoms with Crippen molar-refractivity contribution in [1.29, 1.82) is 0 Å². The van der Waals surface area contributed by atoms with Gasteiger partial charge in [-0.05, 0) is 24.2 Å². The second-order valence-corrected chi connectivity index (χ2v) is 7.74. The van der Waals surface area contributed by atoms with Gasteiger partial charge in [0.1, 0.15) is 0 Å². The van der Waals surface area contributed by atoms with Crippen molar-refractivity contribution in [1.82, 2.24) is 9.88 Å². The number of anilines is 1. The van der Waals surface area contributed by atoms with Gasteiger partial charge in [-0.2, -0.15) is 0 Å². The third kappa shape index (κ3) is 5.83. The van der Waals surface area contributed by atoms with Crippen LogP contribution in [0.25, 0.3) is 0 Å². The van der Waals surface area contributed by atoms with Gasteiger partial charge >= 0.3 is 0 Å². The minimum Gasteiger partial charge on any atom is -0.333 e. The molecule has 0 atom stereocenters. The normalized spacial score (nSPS) is 14.8. The Bertz CT molecular complexity index is 490. The molecule has 0 saturated heterocycles. The number of nitrogens with one attached hydrogen (secondary N) is 1. The predicted molar refractivity (Wildman–Crippen MR) is 84.1 cm³/mol. The van der Waals surface area contributed by atoms with E-state index in [9.17, 15) is 9.59 Å². The number of thiazole rings is 1. The summed E-state index contributed by atoms with van der Waals surface area (Å²) in [6.45, 7) is 6.92. The molecule has 6 heteroatoms. The molecule has 116 valence electrons. The van der Waals surface area contributed by atoms with Crippen molar-refractivity contribution in [3.63, 3.8) is 0 Å². The molecular weight excluding hydrogens is 286 g/mol. The molecule has 1 aromatic heterocycles. The van der Waals surface area contributed by atoms with E-state index < -0.39 is 0 Å². The van der Waals surface area contributed by atoms with Gasteiger partial charge in [0, 0.05) is 24.5 Å². The number of hydrogen-bond donors (Lipinski definition) is 1. The Morgan fingerprint density at radius 1 is 1.43 bits per heavy atom. The van der Waals surface area contributed by atoms with Gasteiger partial charge in [-0.3, -0.25) is 9.59 Å².